The molecule has 0 aromatic heterocycles. The van der Waals surface area contributed by atoms with E-state index in [9.17, 15) is 14.7 Å². The molecule has 1 atom stereocenters. The molecule has 0 aliphatic carbocycles. The van der Waals surface area contributed by atoms with E-state index in [1.807, 2.05) is 6.92 Å². The summed E-state index contributed by atoms with van der Waals surface area (Å²) >= 11 is 0. The zero-order valence-corrected chi connectivity index (χ0v) is 12.1. The second kappa shape index (κ2) is 7.68. The first-order valence-electron chi connectivity index (χ1n) is 7.08. The van der Waals surface area contributed by atoms with E-state index in [1.54, 1.807) is 12.1 Å². The van der Waals surface area contributed by atoms with E-state index in [0.29, 0.717) is 5.56 Å². The van der Waals surface area contributed by atoms with Crippen molar-refractivity contribution < 1.29 is 19.8 Å². The third-order valence-corrected chi connectivity index (χ3v) is 3.56. The zero-order chi connectivity index (χ0) is 15.1. The van der Waals surface area contributed by atoms with Gasteiger partial charge in [0, 0.05) is 0 Å². The topological polar surface area (TPSA) is 74.6 Å². The highest BCUT2D eigenvalue weighted by Gasteiger charge is 2.22. The van der Waals surface area contributed by atoms with Crippen LogP contribution >= 0.6 is 0 Å². The van der Waals surface area contributed by atoms with Gasteiger partial charge < -0.3 is 10.2 Å². The van der Waals surface area contributed by atoms with Crippen molar-refractivity contribution in [1.29, 1.82) is 0 Å². The molecule has 20 heavy (non-hydrogen) atoms. The Bertz CT molecular complexity index is 479. The number of benzene rings is 1. The first-order valence-corrected chi connectivity index (χ1v) is 7.08. The van der Waals surface area contributed by atoms with Crippen LogP contribution in [0.2, 0.25) is 0 Å². The fraction of sp³-hybridized carbons (Fsp3) is 0.500. The molecule has 0 aliphatic rings. The highest BCUT2D eigenvalue weighted by atomic mass is 16.4. The molecule has 0 aliphatic heterocycles. The van der Waals surface area contributed by atoms with E-state index in [0.717, 1.165) is 25.7 Å². The van der Waals surface area contributed by atoms with E-state index >= 15 is 0 Å². The average molecular weight is 278 g/mol. The van der Waals surface area contributed by atoms with Crippen molar-refractivity contribution >= 4 is 11.9 Å². The number of aromatic carboxylic acids is 2. The number of carboxylic acid groups (broad SMARTS) is 2. The SMILES string of the molecule is CCCCCC[C@@H](C)c1cccc(C(=O)O)c1C(=O)O. The van der Waals surface area contributed by atoms with Crippen molar-refractivity contribution in [1.82, 2.24) is 0 Å². The van der Waals surface area contributed by atoms with Gasteiger partial charge in [-0.25, -0.2) is 9.59 Å². The fourth-order valence-electron chi connectivity index (χ4n) is 2.43. The fourth-order valence-corrected chi connectivity index (χ4v) is 2.43. The van der Waals surface area contributed by atoms with Crippen LogP contribution in [0.25, 0.3) is 0 Å². The van der Waals surface area contributed by atoms with Crippen molar-refractivity contribution in [3.63, 3.8) is 0 Å². The van der Waals surface area contributed by atoms with E-state index in [2.05, 4.69) is 6.92 Å². The van der Waals surface area contributed by atoms with Gasteiger partial charge in [0.15, 0.2) is 0 Å². The Kier molecular flexibility index (Phi) is 6.22. The standard InChI is InChI=1S/C16H22O4/c1-3-4-5-6-8-11(2)12-9-7-10-13(15(17)18)14(12)16(19)20/h7,9-11H,3-6,8H2,1-2H3,(H,17,18)(H,19,20)/t11-/m1/s1. The molecule has 2 N–H and O–H groups in total. The van der Waals surface area contributed by atoms with Gasteiger partial charge in [0.2, 0.25) is 0 Å². The maximum absolute atomic E-state index is 11.4. The van der Waals surface area contributed by atoms with Crippen LogP contribution in [-0.4, -0.2) is 22.2 Å². The number of unbranched alkanes of at least 4 members (excludes halogenated alkanes) is 3. The summed E-state index contributed by atoms with van der Waals surface area (Å²) in [5.41, 5.74) is 0.423. The highest BCUT2D eigenvalue weighted by molar-refractivity contribution is 6.02. The van der Waals surface area contributed by atoms with Crippen molar-refractivity contribution in [2.24, 2.45) is 0 Å². The van der Waals surface area contributed by atoms with Crippen molar-refractivity contribution in [3.8, 4) is 0 Å². The van der Waals surface area contributed by atoms with Crippen LogP contribution in [0, 0.1) is 0 Å². The number of carbonyl (C=O) groups is 2. The van der Waals surface area contributed by atoms with Crippen molar-refractivity contribution in [2.45, 2.75) is 51.9 Å². The van der Waals surface area contributed by atoms with Crippen LogP contribution in [-0.2, 0) is 0 Å². The number of carboxylic acids is 2. The summed E-state index contributed by atoms with van der Waals surface area (Å²) < 4.78 is 0. The summed E-state index contributed by atoms with van der Waals surface area (Å²) in [5, 5.41) is 18.4. The molecule has 1 rings (SSSR count). The summed E-state index contributed by atoms with van der Waals surface area (Å²) in [6, 6.07) is 4.69. The third-order valence-electron chi connectivity index (χ3n) is 3.56. The predicted octanol–water partition coefficient (Wildman–Crippen LogP) is 4.16. The monoisotopic (exact) mass is 278 g/mol. The molecule has 1 aromatic rings. The highest BCUT2D eigenvalue weighted by Crippen LogP contribution is 2.27. The van der Waals surface area contributed by atoms with Gasteiger partial charge in [0.25, 0.3) is 0 Å². The molecule has 4 heteroatoms. The molecule has 0 radical (unpaired) electrons. The number of hydrogen-bond donors (Lipinski definition) is 2. The van der Waals surface area contributed by atoms with E-state index in [1.165, 1.54) is 12.5 Å². The van der Waals surface area contributed by atoms with E-state index < -0.39 is 11.9 Å². The first kappa shape index (κ1) is 16.2. The quantitative estimate of drug-likeness (QED) is 0.700. The van der Waals surface area contributed by atoms with Crippen LogP contribution in [0.5, 0.6) is 0 Å². The van der Waals surface area contributed by atoms with Crippen molar-refractivity contribution in [2.75, 3.05) is 0 Å². The Balaban J connectivity index is 2.96. The zero-order valence-electron chi connectivity index (χ0n) is 12.1. The molecule has 110 valence electrons. The molecular weight excluding hydrogens is 256 g/mol. The summed E-state index contributed by atoms with van der Waals surface area (Å²) in [6.45, 7) is 4.10. The predicted molar refractivity (Wildman–Crippen MR) is 77.5 cm³/mol. The Labute approximate surface area is 119 Å². The van der Waals surface area contributed by atoms with E-state index in [-0.39, 0.29) is 17.0 Å². The Morgan fingerprint density at radius 2 is 1.80 bits per heavy atom. The largest absolute Gasteiger partial charge is 0.478 e. The van der Waals surface area contributed by atoms with Gasteiger partial charge in [0.1, 0.15) is 0 Å². The normalized spacial score (nSPS) is 12.1. The van der Waals surface area contributed by atoms with Gasteiger partial charge in [-0.05, 0) is 24.0 Å². The molecule has 1 aromatic carbocycles. The van der Waals surface area contributed by atoms with E-state index in [4.69, 9.17) is 5.11 Å². The average Bonchev–Trinajstić information content (AvgIpc) is 2.42. The molecule has 4 nitrogen and oxygen atoms in total. The summed E-state index contributed by atoms with van der Waals surface area (Å²) in [7, 11) is 0. The minimum atomic E-state index is -1.19. The maximum Gasteiger partial charge on any atom is 0.336 e. The molecular formula is C16H22O4. The van der Waals surface area contributed by atoms with Gasteiger partial charge >= 0.3 is 11.9 Å². The molecule has 0 spiro atoms. The summed E-state index contributed by atoms with van der Waals surface area (Å²) in [5.74, 6) is -2.31. The molecule has 0 saturated carbocycles. The van der Waals surface area contributed by atoms with Crippen LogP contribution < -0.4 is 0 Å². The first-order chi connectivity index (χ1) is 9.49. The lowest BCUT2D eigenvalue weighted by Crippen LogP contribution is -2.13. The molecule has 0 saturated heterocycles. The Morgan fingerprint density at radius 3 is 2.35 bits per heavy atom. The van der Waals surface area contributed by atoms with Gasteiger partial charge in [-0.2, -0.15) is 0 Å². The second-order valence-corrected chi connectivity index (χ2v) is 5.13. The Morgan fingerprint density at radius 1 is 1.10 bits per heavy atom. The molecule has 0 amide bonds. The number of rotatable bonds is 8. The van der Waals surface area contributed by atoms with Gasteiger partial charge in [-0.15, -0.1) is 0 Å². The van der Waals surface area contributed by atoms with Gasteiger partial charge in [-0.3, -0.25) is 0 Å². The smallest absolute Gasteiger partial charge is 0.336 e. The van der Waals surface area contributed by atoms with Crippen LogP contribution in [0.3, 0.4) is 0 Å². The maximum atomic E-state index is 11.4. The lowest BCUT2D eigenvalue weighted by molar-refractivity contribution is 0.0650. The van der Waals surface area contributed by atoms with Crippen LogP contribution in [0.15, 0.2) is 18.2 Å². The molecule has 0 unspecified atom stereocenters. The lowest BCUT2D eigenvalue weighted by Gasteiger charge is -2.16. The molecule has 0 bridgehead atoms. The van der Waals surface area contributed by atoms with Crippen molar-refractivity contribution in [3.05, 3.63) is 34.9 Å². The summed E-state index contributed by atoms with van der Waals surface area (Å²) in [6.07, 6.45) is 5.37. The minimum absolute atomic E-state index is 0.0530. The molecule has 0 heterocycles. The van der Waals surface area contributed by atoms with Crippen LogP contribution in [0.1, 0.15) is 78.1 Å². The Hall–Kier alpha value is -1.84. The van der Waals surface area contributed by atoms with Crippen LogP contribution in [0.4, 0.5) is 0 Å². The minimum Gasteiger partial charge on any atom is -0.478 e. The third kappa shape index (κ3) is 4.08. The number of hydrogen-bond acceptors (Lipinski definition) is 2. The van der Waals surface area contributed by atoms with Gasteiger partial charge in [0.05, 0.1) is 11.1 Å². The lowest BCUT2D eigenvalue weighted by atomic mass is 9.88. The second-order valence-electron chi connectivity index (χ2n) is 5.13. The van der Waals surface area contributed by atoms with Gasteiger partial charge in [-0.1, -0.05) is 51.7 Å². The summed E-state index contributed by atoms with van der Waals surface area (Å²) in [4.78, 5) is 22.5. The molecule has 0 fully saturated rings.